The summed E-state index contributed by atoms with van der Waals surface area (Å²) < 4.78 is 0. The zero-order chi connectivity index (χ0) is 33.3. The third-order valence-electron chi connectivity index (χ3n) is 15.7. The molecule has 1 spiro atoms. The van der Waals surface area contributed by atoms with Crippen LogP contribution in [-0.4, -0.2) is 0 Å². The highest BCUT2D eigenvalue weighted by molar-refractivity contribution is 5.83. The van der Waals surface area contributed by atoms with Crippen molar-refractivity contribution in [2.24, 2.45) is 35.5 Å². The van der Waals surface area contributed by atoms with Gasteiger partial charge in [-0.2, -0.15) is 0 Å². The molecule has 8 fully saturated rings. The zero-order valence-electron chi connectivity index (χ0n) is 29.8. The van der Waals surface area contributed by atoms with Crippen LogP contribution in [0.4, 0.5) is 17.1 Å². The van der Waals surface area contributed by atoms with Gasteiger partial charge in [0.25, 0.3) is 0 Å². The topological polar surface area (TPSA) is 3.24 Å². The van der Waals surface area contributed by atoms with Gasteiger partial charge in [-0.1, -0.05) is 91.0 Å². The van der Waals surface area contributed by atoms with Crippen LogP contribution in [-0.2, 0) is 10.8 Å². The van der Waals surface area contributed by atoms with Crippen LogP contribution in [0.1, 0.15) is 93.2 Å². The standard InChI is InChI=1S/C50H49N/c1-2-6-37(7-3-1)38-12-14-39(15-13-38)40-16-18-43(19-17-40)51(44-9-4-8-42(26-44)49-27-32-20-33(28-49)22-34(21-32)29-49)46-11-5-10-45-47(46)48-41-24-35-23-36(25-41)31-50(45,48)30-35/h1-19,26,32-36,41,48H,20-25,27-31H2. The molecule has 0 saturated heterocycles. The maximum atomic E-state index is 2.68. The van der Waals surface area contributed by atoms with E-state index in [1.165, 1.54) is 110 Å². The van der Waals surface area contributed by atoms with Gasteiger partial charge in [0, 0.05) is 22.5 Å². The lowest BCUT2D eigenvalue weighted by Gasteiger charge is -2.68. The van der Waals surface area contributed by atoms with E-state index in [4.69, 9.17) is 0 Å². The molecule has 8 saturated carbocycles. The van der Waals surface area contributed by atoms with Crippen LogP contribution in [0.25, 0.3) is 22.3 Å². The second-order valence-electron chi connectivity index (χ2n) is 18.6. The highest BCUT2D eigenvalue weighted by Crippen LogP contribution is 2.74. The Morgan fingerprint density at radius 1 is 0.451 bits per heavy atom. The Kier molecular flexibility index (Phi) is 6.20. The third-order valence-corrected chi connectivity index (χ3v) is 15.7. The van der Waals surface area contributed by atoms with E-state index in [9.17, 15) is 0 Å². The second kappa shape index (κ2) is 10.7. The fraction of sp³-hybridized carbons (Fsp3) is 0.400. The van der Waals surface area contributed by atoms with E-state index >= 15 is 0 Å². The number of hydrogen-bond acceptors (Lipinski definition) is 1. The van der Waals surface area contributed by atoms with Crippen molar-refractivity contribution in [3.05, 3.63) is 138 Å². The van der Waals surface area contributed by atoms with E-state index < -0.39 is 0 Å². The second-order valence-corrected chi connectivity index (χ2v) is 18.6. The Labute approximate surface area is 304 Å². The zero-order valence-corrected chi connectivity index (χ0v) is 29.8. The maximum absolute atomic E-state index is 2.68. The average molecular weight is 664 g/mol. The summed E-state index contributed by atoms with van der Waals surface area (Å²) in [6.45, 7) is 0. The number of hydrogen-bond donors (Lipinski definition) is 0. The molecule has 0 aromatic heterocycles. The molecule has 0 radical (unpaired) electrons. The summed E-state index contributed by atoms with van der Waals surface area (Å²) in [6.07, 6.45) is 16.1. The van der Waals surface area contributed by atoms with Crippen LogP contribution in [0.3, 0.4) is 0 Å². The first-order chi connectivity index (χ1) is 25.1. The van der Waals surface area contributed by atoms with Crippen molar-refractivity contribution in [3.8, 4) is 22.3 Å². The summed E-state index contributed by atoms with van der Waals surface area (Å²) in [6, 6.07) is 46.8. The third kappa shape index (κ3) is 4.33. The Morgan fingerprint density at radius 3 is 1.63 bits per heavy atom. The highest BCUT2D eigenvalue weighted by Gasteiger charge is 2.64. The van der Waals surface area contributed by atoms with Gasteiger partial charge in [0.15, 0.2) is 0 Å². The molecule has 5 aromatic carbocycles. The first kappa shape index (κ1) is 29.5. The normalized spacial score (nSPS) is 34.5. The van der Waals surface area contributed by atoms with E-state index in [1.807, 2.05) is 0 Å². The van der Waals surface area contributed by atoms with Gasteiger partial charge in [0.2, 0.25) is 0 Å². The first-order valence-electron chi connectivity index (χ1n) is 20.4. The van der Waals surface area contributed by atoms with Crippen molar-refractivity contribution < 1.29 is 0 Å². The molecular weight excluding hydrogens is 615 g/mol. The Bertz CT molecular complexity index is 2090. The fourth-order valence-electron chi connectivity index (χ4n) is 14.5. The van der Waals surface area contributed by atoms with Crippen molar-refractivity contribution >= 4 is 17.1 Å². The summed E-state index contributed by atoms with van der Waals surface area (Å²) in [5.41, 5.74) is 15.1. The maximum Gasteiger partial charge on any atom is 0.0499 e. The van der Waals surface area contributed by atoms with Crippen LogP contribution >= 0.6 is 0 Å². The van der Waals surface area contributed by atoms with Gasteiger partial charge in [0.1, 0.15) is 0 Å². The van der Waals surface area contributed by atoms with Gasteiger partial charge in [-0.15, -0.1) is 0 Å². The van der Waals surface area contributed by atoms with Gasteiger partial charge >= 0.3 is 0 Å². The lowest BCUT2D eigenvalue weighted by atomic mass is 9.36. The molecule has 254 valence electrons. The molecule has 0 heterocycles. The Morgan fingerprint density at radius 2 is 1.00 bits per heavy atom. The smallest absolute Gasteiger partial charge is 0.0499 e. The number of rotatable bonds is 6. The largest absolute Gasteiger partial charge is 0.310 e. The van der Waals surface area contributed by atoms with Crippen LogP contribution in [0.2, 0.25) is 0 Å². The molecular formula is C50H49N. The molecule has 5 aromatic rings. The SMILES string of the molecule is c1ccc(-c2ccc(-c3ccc(N(c4cccc(C56CC7CC(CC(C7)C5)C6)c4)c4cccc5c4C4C6CC7CC(C6)CC54C7)cc3)cc2)cc1. The van der Waals surface area contributed by atoms with Crippen LogP contribution in [0.5, 0.6) is 0 Å². The van der Waals surface area contributed by atoms with Gasteiger partial charge in [-0.3, -0.25) is 0 Å². The van der Waals surface area contributed by atoms with Gasteiger partial charge in [0.05, 0.1) is 0 Å². The Balaban J connectivity index is 0.960. The quantitative estimate of drug-likeness (QED) is 0.175. The monoisotopic (exact) mass is 663 g/mol. The molecule has 3 atom stereocenters. The molecule has 1 heteroatoms. The van der Waals surface area contributed by atoms with Crippen molar-refractivity contribution in [1.82, 2.24) is 0 Å². The van der Waals surface area contributed by atoms with Crippen LogP contribution < -0.4 is 4.90 Å². The number of benzene rings is 5. The lowest BCUT2D eigenvalue weighted by molar-refractivity contribution is -0.0478. The predicted molar refractivity (Wildman–Crippen MR) is 210 cm³/mol. The predicted octanol–water partition coefficient (Wildman–Crippen LogP) is 13.1. The summed E-state index contributed by atoms with van der Waals surface area (Å²) in [4.78, 5) is 2.68. The van der Waals surface area contributed by atoms with E-state index in [1.54, 1.807) is 16.7 Å². The molecule has 1 nitrogen and oxygen atoms in total. The number of nitrogens with zero attached hydrogens (tertiary/aromatic N) is 1. The Hall–Kier alpha value is -4.10. The number of fused-ring (bicyclic) bond motifs is 1. The molecule has 0 aliphatic heterocycles. The first-order valence-corrected chi connectivity index (χ1v) is 20.4. The minimum atomic E-state index is 0.388. The van der Waals surface area contributed by atoms with Gasteiger partial charge in [-0.25, -0.2) is 0 Å². The molecule has 0 amide bonds. The lowest BCUT2D eigenvalue weighted by Crippen LogP contribution is -2.59. The summed E-state index contributed by atoms with van der Waals surface area (Å²) in [5.74, 6) is 6.42. The van der Waals surface area contributed by atoms with Crippen molar-refractivity contribution in [1.29, 1.82) is 0 Å². The van der Waals surface area contributed by atoms with E-state index in [0.717, 1.165) is 41.4 Å². The fourth-order valence-corrected chi connectivity index (χ4v) is 14.5. The molecule has 51 heavy (non-hydrogen) atoms. The van der Waals surface area contributed by atoms with E-state index in [-0.39, 0.29) is 0 Å². The summed E-state index contributed by atoms with van der Waals surface area (Å²) in [7, 11) is 0. The average Bonchev–Trinajstić information content (AvgIpc) is 3.15. The minimum absolute atomic E-state index is 0.388. The molecule has 0 N–H and O–H groups in total. The number of anilines is 3. The minimum Gasteiger partial charge on any atom is -0.310 e. The van der Waals surface area contributed by atoms with Gasteiger partial charge < -0.3 is 4.90 Å². The molecule has 14 rings (SSSR count). The van der Waals surface area contributed by atoms with Crippen molar-refractivity contribution in [2.75, 3.05) is 4.90 Å². The highest BCUT2D eigenvalue weighted by atomic mass is 15.1. The van der Waals surface area contributed by atoms with Gasteiger partial charge in [-0.05, 0) is 187 Å². The van der Waals surface area contributed by atoms with Crippen molar-refractivity contribution in [3.63, 3.8) is 0 Å². The molecule has 9 aliphatic rings. The molecule has 9 aliphatic carbocycles. The van der Waals surface area contributed by atoms with Crippen molar-refractivity contribution in [2.45, 2.75) is 87.4 Å². The molecule has 8 bridgehead atoms. The van der Waals surface area contributed by atoms with Crippen LogP contribution in [0.15, 0.2) is 121 Å². The summed E-state index contributed by atoms with van der Waals surface area (Å²) >= 11 is 0. The van der Waals surface area contributed by atoms with Crippen LogP contribution in [0, 0.1) is 35.5 Å². The van der Waals surface area contributed by atoms with E-state index in [2.05, 4.69) is 126 Å². The van der Waals surface area contributed by atoms with E-state index in [0.29, 0.717) is 10.8 Å². The summed E-state index contributed by atoms with van der Waals surface area (Å²) in [5, 5.41) is 0. The molecule has 3 unspecified atom stereocenters.